The molecule has 9 heteroatoms. The standard InChI is InChI=1S/C18H18BrN5O3/c1-2-27-18(26)15-11-21-24(14-6-4-3-5-7-14)17(15)22-16(25)8-9-23-12-13(19)10-20-23/h3-7,10-12H,2,8-9H2,1H3,(H,22,25). The Kier molecular flexibility index (Phi) is 6.02. The van der Waals surface area contributed by atoms with Gasteiger partial charge < -0.3 is 10.1 Å². The van der Waals surface area contributed by atoms with Gasteiger partial charge in [0.1, 0.15) is 5.56 Å². The van der Waals surface area contributed by atoms with Crippen LogP contribution >= 0.6 is 15.9 Å². The zero-order valence-corrected chi connectivity index (χ0v) is 16.2. The molecule has 0 radical (unpaired) electrons. The minimum atomic E-state index is -0.536. The molecule has 27 heavy (non-hydrogen) atoms. The number of amides is 1. The van der Waals surface area contributed by atoms with Gasteiger partial charge in [0.25, 0.3) is 0 Å². The Balaban J connectivity index is 1.81. The number of rotatable bonds is 7. The number of carbonyl (C=O) groups is 2. The van der Waals surface area contributed by atoms with Crippen molar-refractivity contribution < 1.29 is 14.3 Å². The molecule has 0 unspecified atom stereocenters. The molecule has 3 rings (SSSR count). The number of carbonyl (C=O) groups excluding carboxylic acids is 2. The molecular formula is C18H18BrN5O3. The molecule has 0 aliphatic heterocycles. The molecule has 0 aliphatic carbocycles. The molecule has 140 valence electrons. The predicted molar refractivity (Wildman–Crippen MR) is 103 cm³/mol. The van der Waals surface area contributed by atoms with Crippen molar-refractivity contribution in [2.45, 2.75) is 19.9 Å². The van der Waals surface area contributed by atoms with Crippen LogP contribution in [0.2, 0.25) is 0 Å². The van der Waals surface area contributed by atoms with Crippen LogP contribution in [0.3, 0.4) is 0 Å². The van der Waals surface area contributed by atoms with Crippen LogP contribution in [0.1, 0.15) is 23.7 Å². The number of benzene rings is 1. The average molecular weight is 432 g/mol. The summed E-state index contributed by atoms with van der Waals surface area (Å²) in [6.07, 6.45) is 5.02. The highest BCUT2D eigenvalue weighted by atomic mass is 79.9. The number of aryl methyl sites for hydroxylation is 1. The van der Waals surface area contributed by atoms with Gasteiger partial charge >= 0.3 is 5.97 Å². The van der Waals surface area contributed by atoms with Crippen molar-refractivity contribution >= 4 is 33.6 Å². The second-order valence-electron chi connectivity index (χ2n) is 5.59. The van der Waals surface area contributed by atoms with E-state index >= 15 is 0 Å². The number of ether oxygens (including phenoxy) is 1. The quantitative estimate of drug-likeness (QED) is 0.580. The third kappa shape index (κ3) is 4.62. The lowest BCUT2D eigenvalue weighted by Gasteiger charge is -2.11. The largest absolute Gasteiger partial charge is 0.462 e. The Labute approximate surface area is 164 Å². The van der Waals surface area contributed by atoms with Crippen molar-refractivity contribution in [3.8, 4) is 5.69 Å². The first-order chi connectivity index (χ1) is 13.1. The molecule has 1 N–H and O–H groups in total. The van der Waals surface area contributed by atoms with Crippen LogP contribution in [-0.2, 0) is 16.1 Å². The van der Waals surface area contributed by atoms with Gasteiger partial charge in [0, 0.05) is 19.2 Å². The topological polar surface area (TPSA) is 91.0 Å². The number of esters is 1. The fourth-order valence-electron chi connectivity index (χ4n) is 2.46. The molecule has 8 nitrogen and oxygen atoms in total. The zero-order valence-electron chi connectivity index (χ0n) is 14.6. The number of hydrogen-bond donors (Lipinski definition) is 1. The number of nitrogens with one attached hydrogen (secondary N) is 1. The summed E-state index contributed by atoms with van der Waals surface area (Å²) in [5, 5.41) is 11.1. The van der Waals surface area contributed by atoms with Crippen LogP contribution in [0.25, 0.3) is 5.69 Å². The molecule has 3 aromatic rings. The first-order valence-electron chi connectivity index (χ1n) is 8.37. The molecular weight excluding hydrogens is 414 g/mol. The summed E-state index contributed by atoms with van der Waals surface area (Å²) >= 11 is 3.32. The molecule has 1 amide bonds. The lowest BCUT2D eigenvalue weighted by Crippen LogP contribution is -2.19. The number of aromatic nitrogens is 4. The monoisotopic (exact) mass is 431 g/mol. The second kappa shape index (κ2) is 8.63. The Hall–Kier alpha value is -2.94. The lowest BCUT2D eigenvalue weighted by molar-refractivity contribution is -0.116. The predicted octanol–water partition coefficient (Wildman–Crippen LogP) is 3.04. The Morgan fingerprint density at radius 2 is 1.96 bits per heavy atom. The molecule has 2 aromatic heterocycles. The van der Waals surface area contributed by atoms with Gasteiger partial charge in [-0.2, -0.15) is 10.2 Å². The normalized spacial score (nSPS) is 10.6. The van der Waals surface area contributed by atoms with Crippen molar-refractivity contribution in [3.63, 3.8) is 0 Å². The van der Waals surface area contributed by atoms with Crippen LogP contribution in [0, 0.1) is 0 Å². The van der Waals surface area contributed by atoms with E-state index in [2.05, 4.69) is 31.4 Å². The number of para-hydroxylation sites is 1. The third-order valence-corrected chi connectivity index (χ3v) is 4.10. The van der Waals surface area contributed by atoms with Crippen molar-refractivity contribution in [1.29, 1.82) is 0 Å². The number of hydrogen-bond acceptors (Lipinski definition) is 5. The fourth-order valence-corrected chi connectivity index (χ4v) is 2.79. The summed E-state index contributed by atoms with van der Waals surface area (Å²) < 4.78 is 9.08. The highest BCUT2D eigenvalue weighted by Gasteiger charge is 2.21. The maximum absolute atomic E-state index is 12.4. The highest BCUT2D eigenvalue weighted by Crippen LogP contribution is 2.21. The lowest BCUT2D eigenvalue weighted by atomic mass is 10.3. The average Bonchev–Trinajstić information content (AvgIpc) is 3.27. The zero-order chi connectivity index (χ0) is 19.2. The van der Waals surface area contributed by atoms with E-state index in [0.29, 0.717) is 6.54 Å². The molecule has 0 aliphatic rings. The minimum absolute atomic E-state index is 0.191. The summed E-state index contributed by atoms with van der Waals surface area (Å²) in [5.74, 6) is -0.512. The van der Waals surface area contributed by atoms with Crippen molar-refractivity contribution in [3.05, 3.63) is 59.0 Å². The van der Waals surface area contributed by atoms with E-state index in [1.54, 1.807) is 24.0 Å². The Morgan fingerprint density at radius 3 is 2.63 bits per heavy atom. The van der Waals surface area contributed by atoms with Gasteiger partial charge in [0.15, 0.2) is 5.82 Å². The van der Waals surface area contributed by atoms with Crippen LogP contribution in [0.4, 0.5) is 5.82 Å². The molecule has 2 heterocycles. The molecule has 0 saturated carbocycles. The third-order valence-electron chi connectivity index (χ3n) is 3.69. The van der Waals surface area contributed by atoms with Crippen molar-refractivity contribution in [2.75, 3.05) is 11.9 Å². The molecule has 0 spiro atoms. The first-order valence-corrected chi connectivity index (χ1v) is 9.16. The summed E-state index contributed by atoms with van der Waals surface area (Å²) in [4.78, 5) is 24.7. The Morgan fingerprint density at radius 1 is 1.19 bits per heavy atom. The van der Waals surface area contributed by atoms with Crippen LogP contribution in [0.15, 0.2) is 53.4 Å². The fraction of sp³-hybridized carbons (Fsp3) is 0.222. The van der Waals surface area contributed by atoms with Crippen LogP contribution < -0.4 is 5.32 Å². The summed E-state index contributed by atoms with van der Waals surface area (Å²) in [5.41, 5.74) is 0.926. The minimum Gasteiger partial charge on any atom is -0.462 e. The van der Waals surface area contributed by atoms with Gasteiger partial charge in [0.2, 0.25) is 5.91 Å². The molecule has 0 saturated heterocycles. The van der Waals surface area contributed by atoms with E-state index in [4.69, 9.17) is 4.74 Å². The van der Waals surface area contributed by atoms with Crippen LogP contribution in [-0.4, -0.2) is 38.0 Å². The van der Waals surface area contributed by atoms with Gasteiger partial charge in [0.05, 0.1) is 29.2 Å². The van der Waals surface area contributed by atoms with Crippen LogP contribution in [0.5, 0.6) is 0 Å². The van der Waals surface area contributed by atoms with Gasteiger partial charge in [-0.3, -0.25) is 9.48 Å². The Bertz CT molecular complexity index is 936. The molecule has 0 fully saturated rings. The maximum atomic E-state index is 12.4. The van der Waals surface area contributed by atoms with E-state index in [-0.39, 0.29) is 30.3 Å². The summed E-state index contributed by atoms with van der Waals surface area (Å²) in [6.45, 7) is 2.36. The van der Waals surface area contributed by atoms with E-state index in [9.17, 15) is 9.59 Å². The molecule has 1 aromatic carbocycles. The van der Waals surface area contributed by atoms with Gasteiger partial charge in [-0.15, -0.1) is 0 Å². The van der Waals surface area contributed by atoms with Gasteiger partial charge in [-0.05, 0) is 35.0 Å². The number of nitrogens with zero attached hydrogens (tertiary/aromatic N) is 4. The van der Waals surface area contributed by atoms with Crippen molar-refractivity contribution in [2.24, 2.45) is 0 Å². The first kappa shape index (κ1) is 18.8. The summed E-state index contributed by atoms with van der Waals surface area (Å²) in [6, 6.07) is 9.24. The van der Waals surface area contributed by atoms with E-state index in [1.807, 2.05) is 30.3 Å². The van der Waals surface area contributed by atoms with E-state index < -0.39 is 5.97 Å². The smallest absolute Gasteiger partial charge is 0.343 e. The SMILES string of the molecule is CCOC(=O)c1cnn(-c2ccccc2)c1NC(=O)CCn1cc(Br)cn1. The summed E-state index contributed by atoms with van der Waals surface area (Å²) in [7, 11) is 0. The van der Waals surface area contributed by atoms with E-state index in [1.165, 1.54) is 10.9 Å². The van der Waals surface area contributed by atoms with Gasteiger partial charge in [-0.25, -0.2) is 9.48 Å². The van der Waals surface area contributed by atoms with E-state index in [0.717, 1.165) is 10.2 Å². The maximum Gasteiger partial charge on any atom is 0.343 e. The second-order valence-corrected chi connectivity index (χ2v) is 6.51. The number of halogens is 1. The number of anilines is 1. The highest BCUT2D eigenvalue weighted by molar-refractivity contribution is 9.10. The van der Waals surface area contributed by atoms with Crippen molar-refractivity contribution in [1.82, 2.24) is 19.6 Å². The van der Waals surface area contributed by atoms with Gasteiger partial charge in [-0.1, -0.05) is 18.2 Å². The molecule has 0 atom stereocenters. The molecule has 0 bridgehead atoms.